The van der Waals surface area contributed by atoms with Crippen LogP contribution in [0.4, 0.5) is 0 Å². The molecule has 130 valence electrons. The van der Waals surface area contributed by atoms with Crippen molar-refractivity contribution in [3.8, 4) is 0 Å². The Morgan fingerprint density at radius 1 is 1.30 bits per heavy atom. The highest BCUT2D eigenvalue weighted by Crippen LogP contribution is 2.69. The van der Waals surface area contributed by atoms with Crippen LogP contribution < -0.4 is 0 Å². The van der Waals surface area contributed by atoms with E-state index in [2.05, 4.69) is 20.4 Å². The van der Waals surface area contributed by atoms with Gasteiger partial charge in [0.15, 0.2) is 0 Å². The molecular weight excluding hydrogens is 288 g/mol. The van der Waals surface area contributed by atoms with Gasteiger partial charge in [-0.05, 0) is 86.4 Å². The van der Waals surface area contributed by atoms with Crippen LogP contribution in [-0.2, 0) is 4.79 Å². The molecule has 4 saturated carbocycles. The lowest BCUT2D eigenvalue weighted by molar-refractivity contribution is -0.162. The first kappa shape index (κ1) is 17.0. The van der Waals surface area contributed by atoms with Gasteiger partial charge in [-0.25, -0.2) is 0 Å². The smallest absolute Gasteiger partial charge is 0.303 e. The minimum Gasteiger partial charge on any atom is -0.481 e. The Balaban J connectivity index is 1.93. The Kier molecular flexibility index (Phi) is 4.37. The van der Waals surface area contributed by atoms with E-state index in [0.717, 1.165) is 19.3 Å². The lowest BCUT2D eigenvalue weighted by Crippen LogP contribution is -2.58. The number of aliphatic hydroxyl groups is 1. The standard InChI is InChI=1S/C20H32O3/c1-13(2)16-5-9-20-8-4-14(15(11-20)12-21)10-17(20)19(16,3)7-6-18(22)23/h14-17,21H,1,4-12H2,2-3H3,(H,22,23)/t14-,15-,16-,17-,19-,20+/m1/s1. The molecule has 3 heteroatoms. The third-order valence-electron chi connectivity index (χ3n) is 7.86. The lowest BCUT2D eigenvalue weighted by Gasteiger charge is -2.65. The number of fused-ring (bicyclic) bond motifs is 2. The monoisotopic (exact) mass is 320 g/mol. The number of carboxylic acid groups (broad SMARTS) is 1. The van der Waals surface area contributed by atoms with Crippen LogP contribution >= 0.6 is 0 Å². The third-order valence-corrected chi connectivity index (χ3v) is 7.86. The first-order valence-corrected chi connectivity index (χ1v) is 9.30. The van der Waals surface area contributed by atoms with E-state index in [9.17, 15) is 15.0 Å². The van der Waals surface area contributed by atoms with Crippen LogP contribution in [-0.4, -0.2) is 22.8 Å². The quantitative estimate of drug-likeness (QED) is 0.744. The molecule has 4 fully saturated rings. The van der Waals surface area contributed by atoms with Gasteiger partial charge in [0, 0.05) is 13.0 Å². The fourth-order valence-electron chi connectivity index (χ4n) is 6.80. The van der Waals surface area contributed by atoms with Crippen molar-refractivity contribution in [3.63, 3.8) is 0 Å². The molecule has 0 heterocycles. The molecule has 0 aromatic carbocycles. The van der Waals surface area contributed by atoms with Crippen molar-refractivity contribution >= 4 is 5.97 Å². The van der Waals surface area contributed by atoms with Crippen molar-refractivity contribution in [2.24, 2.45) is 34.5 Å². The van der Waals surface area contributed by atoms with Crippen LogP contribution in [0.5, 0.6) is 0 Å². The maximum Gasteiger partial charge on any atom is 0.303 e. The highest BCUT2D eigenvalue weighted by atomic mass is 16.4. The van der Waals surface area contributed by atoms with E-state index >= 15 is 0 Å². The van der Waals surface area contributed by atoms with Gasteiger partial charge in [0.2, 0.25) is 0 Å². The van der Waals surface area contributed by atoms with Crippen molar-refractivity contribution in [3.05, 3.63) is 12.2 Å². The summed E-state index contributed by atoms with van der Waals surface area (Å²) in [5, 5.41) is 19.0. The minimum atomic E-state index is -0.680. The lowest BCUT2D eigenvalue weighted by atomic mass is 9.39. The highest BCUT2D eigenvalue weighted by molar-refractivity contribution is 5.66. The molecule has 6 atom stereocenters. The number of rotatable bonds is 5. The third kappa shape index (κ3) is 2.65. The van der Waals surface area contributed by atoms with Crippen molar-refractivity contribution in [2.75, 3.05) is 6.61 Å². The van der Waals surface area contributed by atoms with Gasteiger partial charge in [-0.3, -0.25) is 4.79 Å². The number of hydrogen-bond acceptors (Lipinski definition) is 2. The summed E-state index contributed by atoms with van der Waals surface area (Å²) >= 11 is 0. The van der Waals surface area contributed by atoms with Crippen molar-refractivity contribution in [2.45, 2.75) is 65.2 Å². The van der Waals surface area contributed by atoms with Gasteiger partial charge in [0.1, 0.15) is 0 Å². The second kappa shape index (κ2) is 5.91. The van der Waals surface area contributed by atoms with E-state index in [0.29, 0.717) is 35.7 Å². The number of hydrogen-bond donors (Lipinski definition) is 2. The Labute approximate surface area is 140 Å². The molecule has 0 aliphatic heterocycles. The normalized spacial score (nSPS) is 45.5. The molecule has 0 saturated heterocycles. The topological polar surface area (TPSA) is 57.5 Å². The van der Waals surface area contributed by atoms with Crippen LogP contribution in [0.25, 0.3) is 0 Å². The van der Waals surface area contributed by atoms with E-state index < -0.39 is 5.97 Å². The Bertz CT molecular complexity index is 499. The zero-order valence-corrected chi connectivity index (χ0v) is 14.7. The van der Waals surface area contributed by atoms with E-state index in [-0.39, 0.29) is 11.8 Å². The first-order valence-electron chi connectivity index (χ1n) is 9.30. The molecular formula is C20H32O3. The Hall–Kier alpha value is -0.830. The SMILES string of the molecule is C=C(C)[C@H]1CC[C@]23CC[C@H](C[C@@H]2[C@]1(C)CCC(=O)O)[C@@H](CO)C3. The molecule has 4 aliphatic carbocycles. The molecule has 2 bridgehead atoms. The van der Waals surface area contributed by atoms with Crippen molar-refractivity contribution < 1.29 is 15.0 Å². The first-order chi connectivity index (χ1) is 10.8. The molecule has 23 heavy (non-hydrogen) atoms. The summed E-state index contributed by atoms with van der Waals surface area (Å²) in [4.78, 5) is 11.2. The average molecular weight is 320 g/mol. The number of carbonyl (C=O) groups is 1. The predicted molar refractivity (Wildman–Crippen MR) is 91.0 cm³/mol. The highest BCUT2D eigenvalue weighted by Gasteiger charge is 2.60. The summed E-state index contributed by atoms with van der Waals surface area (Å²) < 4.78 is 0. The largest absolute Gasteiger partial charge is 0.481 e. The summed E-state index contributed by atoms with van der Waals surface area (Å²) in [6.07, 6.45) is 8.30. The van der Waals surface area contributed by atoms with Crippen LogP contribution in [0.15, 0.2) is 12.2 Å². The van der Waals surface area contributed by atoms with Gasteiger partial charge in [-0.2, -0.15) is 0 Å². The van der Waals surface area contributed by atoms with Gasteiger partial charge >= 0.3 is 5.97 Å². The van der Waals surface area contributed by atoms with Gasteiger partial charge in [-0.1, -0.05) is 19.1 Å². The summed E-state index contributed by atoms with van der Waals surface area (Å²) in [6.45, 7) is 9.04. The summed E-state index contributed by atoms with van der Waals surface area (Å²) in [7, 11) is 0. The van der Waals surface area contributed by atoms with E-state index in [1.54, 1.807) is 0 Å². The Morgan fingerprint density at radius 3 is 2.61 bits per heavy atom. The number of aliphatic carboxylic acids is 1. The van der Waals surface area contributed by atoms with Gasteiger partial charge in [0.05, 0.1) is 0 Å². The summed E-state index contributed by atoms with van der Waals surface area (Å²) in [6, 6.07) is 0. The molecule has 0 amide bonds. The molecule has 4 aliphatic rings. The van der Waals surface area contributed by atoms with Gasteiger partial charge in [0.25, 0.3) is 0 Å². The molecule has 1 spiro atoms. The minimum absolute atomic E-state index is 0.0571. The maximum absolute atomic E-state index is 11.2. The van der Waals surface area contributed by atoms with Gasteiger partial charge < -0.3 is 10.2 Å². The molecule has 0 aromatic heterocycles. The second-order valence-corrected chi connectivity index (χ2v) is 8.93. The zero-order valence-electron chi connectivity index (χ0n) is 14.7. The van der Waals surface area contributed by atoms with E-state index in [1.165, 1.54) is 31.3 Å². The molecule has 0 unspecified atom stereocenters. The summed E-state index contributed by atoms with van der Waals surface area (Å²) in [5.41, 5.74) is 1.64. The van der Waals surface area contributed by atoms with Gasteiger partial charge in [-0.15, -0.1) is 0 Å². The zero-order chi connectivity index (χ0) is 16.8. The molecule has 0 radical (unpaired) electrons. The predicted octanol–water partition coefficient (Wildman–Crippen LogP) is 4.26. The molecule has 4 rings (SSSR count). The molecule has 0 aromatic rings. The summed E-state index contributed by atoms with van der Waals surface area (Å²) in [5.74, 6) is 1.49. The van der Waals surface area contributed by atoms with Crippen molar-refractivity contribution in [1.29, 1.82) is 0 Å². The van der Waals surface area contributed by atoms with Crippen LogP contribution in [0.2, 0.25) is 0 Å². The second-order valence-electron chi connectivity index (χ2n) is 8.93. The fourth-order valence-corrected chi connectivity index (χ4v) is 6.80. The fraction of sp³-hybridized carbons (Fsp3) is 0.850. The average Bonchev–Trinajstić information content (AvgIpc) is 2.52. The van der Waals surface area contributed by atoms with E-state index in [4.69, 9.17) is 0 Å². The van der Waals surface area contributed by atoms with E-state index in [1.807, 2.05) is 0 Å². The van der Waals surface area contributed by atoms with Crippen LogP contribution in [0.3, 0.4) is 0 Å². The van der Waals surface area contributed by atoms with Crippen LogP contribution in [0.1, 0.15) is 65.2 Å². The maximum atomic E-state index is 11.2. The molecule has 3 nitrogen and oxygen atoms in total. The number of allylic oxidation sites excluding steroid dienone is 1. The number of aliphatic hydroxyl groups excluding tert-OH is 1. The molecule has 2 N–H and O–H groups in total. The van der Waals surface area contributed by atoms with Crippen molar-refractivity contribution in [1.82, 2.24) is 0 Å². The number of carboxylic acids is 1. The van der Waals surface area contributed by atoms with Crippen LogP contribution in [0, 0.1) is 34.5 Å². The Morgan fingerprint density at radius 2 is 2.00 bits per heavy atom.